The van der Waals surface area contributed by atoms with E-state index < -0.39 is 0 Å². The normalized spacial score (nSPS) is 10.4. The van der Waals surface area contributed by atoms with Gasteiger partial charge in [0, 0.05) is 22.1 Å². The van der Waals surface area contributed by atoms with Gasteiger partial charge in [-0.15, -0.1) is 12.4 Å². The first-order valence-electron chi connectivity index (χ1n) is 9.06. The van der Waals surface area contributed by atoms with Gasteiger partial charge in [-0.25, -0.2) is 4.39 Å². The molecule has 144 valence electrons. The third kappa shape index (κ3) is 8.07. The number of hydrogen-bond acceptors (Lipinski definition) is 2. The molecular formula is C21H28BrClFNO. The van der Waals surface area contributed by atoms with Crippen LogP contribution in [0.2, 0.25) is 0 Å². The Kier molecular flexibility index (Phi) is 11.6. The van der Waals surface area contributed by atoms with Gasteiger partial charge in [0.05, 0.1) is 0 Å². The van der Waals surface area contributed by atoms with Crippen LogP contribution in [0.1, 0.15) is 50.2 Å². The zero-order valence-electron chi connectivity index (χ0n) is 15.3. The summed E-state index contributed by atoms with van der Waals surface area (Å²) in [6.07, 6.45) is 6.37. The van der Waals surface area contributed by atoms with E-state index >= 15 is 0 Å². The fourth-order valence-corrected chi connectivity index (χ4v) is 3.08. The number of nitrogens with one attached hydrogen (secondary N) is 1. The highest BCUT2D eigenvalue weighted by molar-refractivity contribution is 9.10. The molecule has 0 amide bonds. The van der Waals surface area contributed by atoms with Gasteiger partial charge in [-0.1, -0.05) is 66.7 Å². The minimum Gasteiger partial charge on any atom is -0.488 e. The molecule has 0 saturated carbocycles. The molecule has 2 aromatic carbocycles. The Morgan fingerprint density at radius 1 is 1.00 bits per heavy atom. The zero-order chi connectivity index (χ0) is 17.9. The summed E-state index contributed by atoms with van der Waals surface area (Å²) >= 11 is 3.51. The van der Waals surface area contributed by atoms with E-state index in [0.29, 0.717) is 5.56 Å². The predicted octanol–water partition coefficient (Wildman–Crippen LogP) is 6.65. The van der Waals surface area contributed by atoms with Crippen LogP contribution >= 0.6 is 28.3 Å². The van der Waals surface area contributed by atoms with Crippen molar-refractivity contribution in [1.29, 1.82) is 0 Å². The Hall–Kier alpha value is -1.10. The smallest absolute Gasteiger partial charge is 0.129 e. The van der Waals surface area contributed by atoms with Gasteiger partial charge in [-0.3, -0.25) is 0 Å². The molecule has 5 heteroatoms. The molecule has 0 aliphatic rings. The molecule has 26 heavy (non-hydrogen) atoms. The number of halogens is 3. The minimum atomic E-state index is -0.230. The average Bonchev–Trinajstić information content (AvgIpc) is 2.61. The summed E-state index contributed by atoms with van der Waals surface area (Å²) in [5.74, 6) is 0.566. The molecule has 2 aromatic rings. The van der Waals surface area contributed by atoms with E-state index in [1.54, 1.807) is 12.1 Å². The topological polar surface area (TPSA) is 21.3 Å². The molecule has 0 radical (unpaired) electrons. The van der Waals surface area contributed by atoms with Gasteiger partial charge in [-0.05, 0) is 37.2 Å². The molecule has 1 N–H and O–H groups in total. The highest BCUT2D eigenvalue weighted by atomic mass is 79.9. The molecule has 0 aliphatic carbocycles. The number of unbranched alkanes of at least 4 members (excludes halogenated alkanes) is 4. The van der Waals surface area contributed by atoms with E-state index in [-0.39, 0.29) is 24.8 Å². The van der Waals surface area contributed by atoms with Crippen molar-refractivity contribution >= 4 is 28.3 Å². The molecule has 0 heterocycles. The maximum atomic E-state index is 13.7. The second-order valence-corrected chi connectivity index (χ2v) is 7.14. The highest BCUT2D eigenvalue weighted by Crippen LogP contribution is 2.24. The average molecular weight is 445 g/mol. The van der Waals surface area contributed by atoms with Gasteiger partial charge in [-0.2, -0.15) is 0 Å². The molecular weight excluding hydrogens is 417 g/mol. The van der Waals surface area contributed by atoms with Crippen LogP contribution in [-0.2, 0) is 13.2 Å². The van der Waals surface area contributed by atoms with Crippen molar-refractivity contribution in [1.82, 2.24) is 5.32 Å². The van der Waals surface area contributed by atoms with E-state index in [2.05, 4.69) is 34.2 Å². The molecule has 0 aliphatic heterocycles. The Balaban J connectivity index is 0.00000338. The first-order valence-corrected chi connectivity index (χ1v) is 9.85. The summed E-state index contributed by atoms with van der Waals surface area (Å²) in [5.41, 5.74) is 1.65. The molecule has 0 fully saturated rings. The number of hydrogen-bond donors (Lipinski definition) is 1. The Morgan fingerprint density at radius 3 is 2.54 bits per heavy atom. The Bertz CT molecular complexity index is 654. The van der Waals surface area contributed by atoms with Gasteiger partial charge in [0.25, 0.3) is 0 Å². The quantitative estimate of drug-likeness (QED) is 0.392. The van der Waals surface area contributed by atoms with Crippen molar-refractivity contribution in [2.75, 3.05) is 6.54 Å². The molecule has 0 spiro atoms. The molecule has 2 nitrogen and oxygen atoms in total. The fourth-order valence-electron chi connectivity index (χ4n) is 2.67. The van der Waals surface area contributed by atoms with E-state index in [0.717, 1.165) is 28.9 Å². The van der Waals surface area contributed by atoms with Crippen molar-refractivity contribution in [2.24, 2.45) is 0 Å². The zero-order valence-corrected chi connectivity index (χ0v) is 17.7. The van der Waals surface area contributed by atoms with Gasteiger partial charge in [0.2, 0.25) is 0 Å². The van der Waals surface area contributed by atoms with E-state index in [1.807, 2.05) is 18.2 Å². The SMILES string of the molecule is CCCCCCCNCc1cc(Br)ccc1OCc1ccccc1F.Cl. The second kappa shape index (κ2) is 13.1. The van der Waals surface area contributed by atoms with Crippen molar-refractivity contribution in [3.8, 4) is 5.75 Å². The summed E-state index contributed by atoms with van der Waals surface area (Å²) in [6, 6.07) is 12.7. The molecule has 0 aromatic heterocycles. The maximum absolute atomic E-state index is 13.7. The lowest BCUT2D eigenvalue weighted by molar-refractivity contribution is 0.296. The van der Waals surface area contributed by atoms with Gasteiger partial charge in [0.1, 0.15) is 18.2 Å². The molecule has 2 rings (SSSR count). The number of rotatable bonds is 11. The fraction of sp³-hybridized carbons (Fsp3) is 0.429. The van der Waals surface area contributed by atoms with Crippen LogP contribution in [0.5, 0.6) is 5.75 Å². The van der Waals surface area contributed by atoms with Crippen molar-refractivity contribution in [2.45, 2.75) is 52.2 Å². The van der Waals surface area contributed by atoms with Crippen LogP contribution in [0.4, 0.5) is 4.39 Å². The van der Waals surface area contributed by atoms with Gasteiger partial charge < -0.3 is 10.1 Å². The lowest BCUT2D eigenvalue weighted by atomic mass is 10.1. The lowest BCUT2D eigenvalue weighted by Gasteiger charge is -2.13. The largest absolute Gasteiger partial charge is 0.488 e. The molecule has 0 atom stereocenters. The Morgan fingerprint density at radius 2 is 1.77 bits per heavy atom. The van der Waals surface area contributed by atoms with Gasteiger partial charge in [0.15, 0.2) is 0 Å². The minimum absolute atomic E-state index is 0. The summed E-state index contributed by atoms with van der Waals surface area (Å²) in [5, 5.41) is 3.48. The van der Waals surface area contributed by atoms with Crippen LogP contribution < -0.4 is 10.1 Å². The number of benzene rings is 2. The number of ether oxygens (including phenoxy) is 1. The van der Waals surface area contributed by atoms with Crippen molar-refractivity contribution in [3.63, 3.8) is 0 Å². The van der Waals surface area contributed by atoms with Crippen LogP contribution in [0.25, 0.3) is 0 Å². The molecule has 0 bridgehead atoms. The van der Waals surface area contributed by atoms with Crippen LogP contribution in [0.15, 0.2) is 46.9 Å². The predicted molar refractivity (Wildman–Crippen MR) is 113 cm³/mol. The van der Waals surface area contributed by atoms with Crippen molar-refractivity contribution in [3.05, 3.63) is 63.9 Å². The van der Waals surface area contributed by atoms with E-state index in [1.165, 1.54) is 38.2 Å². The highest BCUT2D eigenvalue weighted by Gasteiger charge is 2.07. The van der Waals surface area contributed by atoms with Crippen molar-refractivity contribution < 1.29 is 9.13 Å². The van der Waals surface area contributed by atoms with Crippen LogP contribution in [-0.4, -0.2) is 6.54 Å². The maximum Gasteiger partial charge on any atom is 0.129 e. The molecule has 0 unspecified atom stereocenters. The van der Waals surface area contributed by atoms with Crippen LogP contribution in [0.3, 0.4) is 0 Å². The summed E-state index contributed by atoms with van der Waals surface area (Å²) in [4.78, 5) is 0. The lowest BCUT2D eigenvalue weighted by Crippen LogP contribution is -2.15. The van der Waals surface area contributed by atoms with Crippen LogP contribution in [0, 0.1) is 5.82 Å². The first-order chi connectivity index (χ1) is 12.2. The van der Waals surface area contributed by atoms with E-state index in [9.17, 15) is 4.39 Å². The van der Waals surface area contributed by atoms with Gasteiger partial charge >= 0.3 is 0 Å². The second-order valence-electron chi connectivity index (χ2n) is 6.22. The van der Waals surface area contributed by atoms with E-state index in [4.69, 9.17) is 4.74 Å². The third-order valence-corrected chi connectivity index (χ3v) is 4.63. The standard InChI is InChI=1S/C21H27BrFNO.ClH/c1-2-3-4-5-8-13-24-15-18-14-19(22)11-12-21(18)25-16-17-9-6-7-10-20(17)23;/h6-7,9-12,14,24H,2-5,8,13,15-16H2,1H3;1H. The first kappa shape index (κ1) is 22.9. The summed E-state index contributed by atoms with van der Waals surface area (Å²) in [6.45, 7) is 4.22. The summed E-state index contributed by atoms with van der Waals surface area (Å²) in [7, 11) is 0. The molecule has 0 saturated heterocycles. The summed E-state index contributed by atoms with van der Waals surface area (Å²) < 4.78 is 20.6. The monoisotopic (exact) mass is 443 g/mol. The third-order valence-electron chi connectivity index (χ3n) is 4.14. The Labute approximate surface area is 171 Å².